The van der Waals surface area contributed by atoms with Crippen LogP contribution in [-0.4, -0.2) is 24.1 Å². The molecule has 0 unspecified atom stereocenters. The highest BCUT2D eigenvalue weighted by molar-refractivity contribution is 6.29. The van der Waals surface area contributed by atoms with Crippen LogP contribution in [0.2, 0.25) is 5.15 Å². The zero-order valence-corrected chi connectivity index (χ0v) is 13.6. The summed E-state index contributed by atoms with van der Waals surface area (Å²) < 4.78 is 16.6. The summed E-state index contributed by atoms with van der Waals surface area (Å²) >= 11 is 5.80. The van der Waals surface area contributed by atoms with E-state index in [9.17, 15) is 9.18 Å². The van der Waals surface area contributed by atoms with E-state index in [0.717, 1.165) is 5.56 Å². The van der Waals surface area contributed by atoms with E-state index >= 15 is 0 Å². The first kappa shape index (κ1) is 15.5. The summed E-state index contributed by atoms with van der Waals surface area (Å²) in [5, 5.41) is 0.415. The van der Waals surface area contributed by atoms with Crippen molar-refractivity contribution in [1.82, 2.24) is 24.1 Å². The zero-order valence-electron chi connectivity index (χ0n) is 12.8. The Kier molecular flexibility index (Phi) is 3.77. The van der Waals surface area contributed by atoms with Crippen molar-refractivity contribution in [2.24, 2.45) is 0 Å². The maximum Gasteiger partial charge on any atom is 0.354 e. The first-order valence-electron chi connectivity index (χ1n) is 7.42. The molecule has 0 aliphatic carbocycles. The molecule has 0 bridgehead atoms. The van der Waals surface area contributed by atoms with Gasteiger partial charge in [-0.05, 0) is 29.8 Å². The van der Waals surface area contributed by atoms with Crippen molar-refractivity contribution in [2.45, 2.75) is 6.54 Å². The summed E-state index contributed by atoms with van der Waals surface area (Å²) in [7, 11) is 0. The molecule has 0 aromatic carbocycles. The van der Waals surface area contributed by atoms with E-state index < -0.39 is 11.6 Å². The number of pyridine rings is 3. The third kappa shape index (κ3) is 2.89. The van der Waals surface area contributed by atoms with Gasteiger partial charge in [0, 0.05) is 24.7 Å². The van der Waals surface area contributed by atoms with E-state index in [1.54, 1.807) is 30.5 Å². The summed E-state index contributed by atoms with van der Waals surface area (Å²) in [5.41, 5.74) is 1.40. The highest BCUT2D eigenvalue weighted by Crippen LogP contribution is 2.22. The molecule has 2 aliphatic heterocycles. The second-order valence-corrected chi connectivity index (χ2v) is 5.79. The van der Waals surface area contributed by atoms with Gasteiger partial charge in [0.1, 0.15) is 5.15 Å². The maximum atomic E-state index is 13.4. The van der Waals surface area contributed by atoms with Gasteiger partial charge in [0.25, 0.3) is 0 Å². The van der Waals surface area contributed by atoms with Gasteiger partial charge < -0.3 is 4.57 Å². The Hall–Kier alpha value is -3.06. The smallest absolute Gasteiger partial charge is 0.327 e. The van der Waals surface area contributed by atoms with Crippen molar-refractivity contribution in [1.29, 1.82) is 0 Å². The predicted octanol–water partition coefficient (Wildman–Crippen LogP) is 2.77. The average molecular weight is 356 g/mol. The average Bonchev–Trinajstić information content (AvgIpc) is 2.94. The fourth-order valence-electron chi connectivity index (χ4n) is 2.68. The van der Waals surface area contributed by atoms with E-state index in [1.807, 2.05) is 16.8 Å². The normalized spacial score (nSPS) is 11.1. The van der Waals surface area contributed by atoms with Gasteiger partial charge in [0.15, 0.2) is 5.82 Å². The quantitative estimate of drug-likeness (QED) is 0.530. The van der Waals surface area contributed by atoms with Crippen molar-refractivity contribution in [3.63, 3.8) is 0 Å². The van der Waals surface area contributed by atoms with Gasteiger partial charge in [0.05, 0.1) is 17.9 Å². The van der Waals surface area contributed by atoms with Crippen LogP contribution in [0.25, 0.3) is 17.2 Å². The van der Waals surface area contributed by atoms with Gasteiger partial charge in [-0.2, -0.15) is 9.37 Å². The van der Waals surface area contributed by atoms with Crippen molar-refractivity contribution >= 4 is 11.6 Å². The fourth-order valence-corrected chi connectivity index (χ4v) is 2.79. The summed E-state index contributed by atoms with van der Waals surface area (Å²) in [6, 6.07) is 9.89. The molecule has 0 saturated carbocycles. The number of hydrogen-bond donors (Lipinski definition) is 0. The lowest BCUT2D eigenvalue weighted by molar-refractivity contribution is 0.582. The molecule has 4 heterocycles. The summed E-state index contributed by atoms with van der Waals surface area (Å²) in [4.78, 5) is 24.0. The Morgan fingerprint density at radius 1 is 1.16 bits per heavy atom. The third-order valence-corrected chi connectivity index (χ3v) is 3.99. The van der Waals surface area contributed by atoms with Crippen LogP contribution in [0, 0.1) is 5.95 Å². The molecule has 0 saturated heterocycles. The largest absolute Gasteiger partial charge is 0.354 e. The fraction of sp³-hybridized carbons (Fsp3) is 0.0588. The topological polar surface area (TPSA) is 65.6 Å². The lowest BCUT2D eigenvalue weighted by Crippen LogP contribution is -2.14. The molecule has 0 fully saturated rings. The van der Waals surface area contributed by atoms with Crippen LogP contribution in [0.1, 0.15) is 5.56 Å². The maximum absolute atomic E-state index is 13.4. The van der Waals surface area contributed by atoms with Crippen molar-refractivity contribution in [3.8, 4) is 17.2 Å². The van der Waals surface area contributed by atoms with Crippen molar-refractivity contribution < 1.29 is 4.39 Å². The van der Waals surface area contributed by atoms with Gasteiger partial charge in [-0.3, -0.25) is 4.57 Å². The number of hydrogen-bond acceptors (Lipinski definition) is 4. The second-order valence-electron chi connectivity index (χ2n) is 5.40. The van der Waals surface area contributed by atoms with E-state index in [1.165, 1.54) is 16.8 Å². The van der Waals surface area contributed by atoms with Crippen LogP contribution in [0.5, 0.6) is 0 Å². The molecule has 0 N–H and O–H groups in total. The van der Waals surface area contributed by atoms with Crippen LogP contribution < -0.4 is 5.69 Å². The minimum Gasteiger partial charge on any atom is -0.327 e. The lowest BCUT2D eigenvalue weighted by atomic mass is 10.2. The highest BCUT2D eigenvalue weighted by Gasteiger charge is 2.19. The van der Waals surface area contributed by atoms with Gasteiger partial charge in [0.2, 0.25) is 5.95 Å². The lowest BCUT2D eigenvalue weighted by Gasteiger charge is -2.12. The van der Waals surface area contributed by atoms with Gasteiger partial charge in [-0.15, -0.1) is 0 Å². The molecule has 2 aromatic heterocycles. The number of imidazole rings is 1. The molecule has 0 atom stereocenters. The molecule has 2 aromatic rings. The molecule has 0 amide bonds. The molecule has 6 nitrogen and oxygen atoms in total. The Balaban J connectivity index is 1.79. The van der Waals surface area contributed by atoms with E-state index in [-0.39, 0.29) is 0 Å². The molecule has 124 valence electrons. The monoisotopic (exact) mass is 355 g/mol. The molecule has 0 radical (unpaired) electrons. The summed E-state index contributed by atoms with van der Waals surface area (Å²) in [5.74, 6) is -0.158. The zero-order chi connectivity index (χ0) is 17.4. The Morgan fingerprint density at radius 2 is 2.04 bits per heavy atom. The van der Waals surface area contributed by atoms with Crippen LogP contribution in [0.3, 0.4) is 0 Å². The molecular weight excluding hydrogens is 345 g/mol. The standard InChI is InChI=1S/C17H11ClFN5O/c18-14-4-3-11(9-21-14)10-23-7-1-2-13-16(23)22-17(25)24(13)12-5-6-20-15(19)8-12/h1-9H,10H2. The van der Waals surface area contributed by atoms with Crippen LogP contribution in [-0.2, 0) is 6.54 Å². The molecule has 25 heavy (non-hydrogen) atoms. The first-order chi connectivity index (χ1) is 12.1. The van der Waals surface area contributed by atoms with E-state index in [0.29, 0.717) is 28.9 Å². The van der Waals surface area contributed by atoms with Gasteiger partial charge in [-0.1, -0.05) is 17.7 Å². The van der Waals surface area contributed by atoms with Crippen LogP contribution >= 0.6 is 11.6 Å². The second kappa shape index (κ2) is 6.10. The Labute approximate surface area is 146 Å². The summed E-state index contributed by atoms with van der Waals surface area (Å²) in [6.07, 6.45) is 4.80. The SMILES string of the molecule is O=c1nc2n(Cc3ccc(Cl)nc3)cccc-2n1-c1ccnc(F)c1. The van der Waals surface area contributed by atoms with Gasteiger partial charge >= 0.3 is 5.69 Å². The third-order valence-electron chi connectivity index (χ3n) is 3.76. The molecule has 2 aliphatic rings. The van der Waals surface area contributed by atoms with E-state index in [4.69, 9.17) is 11.6 Å². The van der Waals surface area contributed by atoms with Gasteiger partial charge in [-0.25, -0.2) is 14.8 Å². The first-order valence-corrected chi connectivity index (χ1v) is 7.80. The predicted molar refractivity (Wildman–Crippen MR) is 90.5 cm³/mol. The van der Waals surface area contributed by atoms with E-state index in [2.05, 4.69) is 15.0 Å². The summed E-state index contributed by atoms with van der Waals surface area (Å²) in [6.45, 7) is 0.475. The minimum absolute atomic E-state index is 0.380. The number of nitrogens with zero attached hydrogens (tertiary/aromatic N) is 5. The number of rotatable bonds is 3. The molecule has 0 spiro atoms. The molecule has 4 rings (SSSR count). The number of aromatic nitrogens is 5. The number of halogens is 2. The molecular formula is C17H11ClFN5O. The van der Waals surface area contributed by atoms with Crippen LogP contribution in [0.4, 0.5) is 4.39 Å². The Bertz CT molecular complexity index is 1070. The van der Waals surface area contributed by atoms with Crippen molar-refractivity contribution in [3.05, 3.63) is 82.1 Å². The molecule has 8 heteroatoms. The minimum atomic E-state index is -0.658. The van der Waals surface area contributed by atoms with Crippen molar-refractivity contribution in [2.75, 3.05) is 0 Å². The number of fused-ring (bicyclic) bond motifs is 1. The van der Waals surface area contributed by atoms with Crippen LogP contribution in [0.15, 0.2) is 59.8 Å². The Morgan fingerprint density at radius 3 is 2.80 bits per heavy atom. The highest BCUT2D eigenvalue weighted by atomic mass is 35.5.